The van der Waals surface area contributed by atoms with Gasteiger partial charge in [0.15, 0.2) is 35.6 Å². The van der Waals surface area contributed by atoms with E-state index in [1.807, 2.05) is 48.5 Å². The number of ether oxygens (including phenoxy) is 4. The zero-order valence-electron chi connectivity index (χ0n) is 21.1. The highest BCUT2D eigenvalue weighted by molar-refractivity contribution is 5.81. The maximum Gasteiger partial charge on any atom is 0.168 e. The summed E-state index contributed by atoms with van der Waals surface area (Å²) in [5.41, 5.74) is 2.15. The summed E-state index contributed by atoms with van der Waals surface area (Å²) in [5, 5.41) is 20.0. The fraction of sp³-hybridized carbons (Fsp3) is 0.161. The summed E-state index contributed by atoms with van der Waals surface area (Å²) >= 11 is 0. The lowest BCUT2D eigenvalue weighted by molar-refractivity contribution is 0.111. The van der Waals surface area contributed by atoms with E-state index < -0.39 is 0 Å². The SMILES string of the molecule is O=Cc1cccc(OCc2ccc(OCCCOc3ccc(COc4cccc(C=O)c4O)cc3)cc2)c1O. The molecule has 0 aliphatic heterocycles. The van der Waals surface area contributed by atoms with E-state index >= 15 is 0 Å². The van der Waals surface area contributed by atoms with E-state index in [2.05, 4.69) is 0 Å². The molecular weight excluding hydrogens is 500 g/mol. The Morgan fingerprint density at radius 1 is 0.538 bits per heavy atom. The van der Waals surface area contributed by atoms with Gasteiger partial charge in [0.2, 0.25) is 0 Å². The summed E-state index contributed by atoms with van der Waals surface area (Å²) < 4.78 is 22.8. The zero-order chi connectivity index (χ0) is 27.5. The van der Waals surface area contributed by atoms with E-state index in [9.17, 15) is 19.8 Å². The highest BCUT2D eigenvalue weighted by atomic mass is 16.5. The van der Waals surface area contributed by atoms with Crippen molar-refractivity contribution in [3.8, 4) is 34.5 Å². The summed E-state index contributed by atoms with van der Waals surface area (Å²) in [5.74, 6) is 1.61. The number of hydrogen-bond acceptors (Lipinski definition) is 8. The van der Waals surface area contributed by atoms with Gasteiger partial charge in [-0.05, 0) is 59.7 Å². The molecule has 0 aromatic heterocycles. The highest BCUT2D eigenvalue weighted by Gasteiger charge is 2.09. The van der Waals surface area contributed by atoms with Crippen molar-refractivity contribution in [2.75, 3.05) is 13.2 Å². The number of rotatable bonds is 14. The van der Waals surface area contributed by atoms with Crippen LogP contribution in [0, 0.1) is 0 Å². The first-order valence-corrected chi connectivity index (χ1v) is 12.3. The first-order valence-electron chi connectivity index (χ1n) is 12.3. The van der Waals surface area contributed by atoms with Crippen LogP contribution >= 0.6 is 0 Å². The molecule has 0 saturated heterocycles. The van der Waals surface area contributed by atoms with Gasteiger partial charge in [-0.1, -0.05) is 36.4 Å². The van der Waals surface area contributed by atoms with E-state index in [4.69, 9.17) is 18.9 Å². The third-order valence-electron chi connectivity index (χ3n) is 5.78. The molecule has 200 valence electrons. The molecular formula is C31H28O8. The number of aromatic hydroxyl groups is 2. The number of phenolic OH excluding ortho intramolecular Hbond substituents is 2. The van der Waals surface area contributed by atoms with Crippen LogP contribution in [0.3, 0.4) is 0 Å². The number of aldehydes is 2. The zero-order valence-corrected chi connectivity index (χ0v) is 21.1. The maximum atomic E-state index is 10.9. The molecule has 0 aliphatic rings. The van der Waals surface area contributed by atoms with E-state index in [0.29, 0.717) is 32.2 Å². The molecule has 0 bridgehead atoms. The van der Waals surface area contributed by atoms with Gasteiger partial charge in [-0.2, -0.15) is 0 Å². The van der Waals surface area contributed by atoms with Gasteiger partial charge in [0, 0.05) is 6.42 Å². The van der Waals surface area contributed by atoms with Crippen LogP contribution in [-0.2, 0) is 13.2 Å². The molecule has 8 nitrogen and oxygen atoms in total. The molecule has 0 atom stereocenters. The summed E-state index contributed by atoms with van der Waals surface area (Å²) in [4.78, 5) is 21.9. The fourth-order valence-corrected chi connectivity index (χ4v) is 3.63. The van der Waals surface area contributed by atoms with E-state index in [-0.39, 0.29) is 47.3 Å². The van der Waals surface area contributed by atoms with Crippen molar-refractivity contribution < 1.29 is 38.7 Å². The molecule has 0 radical (unpaired) electrons. The largest absolute Gasteiger partial charge is 0.504 e. The average Bonchev–Trinajstić information content (AvgIpc) is 2.97. The van der Waals surface area contributed by atoms with Gasteiger partial charge >= 0.3 is 0 Å². The normalized spacial score (nSPS) is 10.5. The van der Waals surface area contributed by atoms with Crippen molar-refractivity contribution in [2.24, 2.45) is 0 Å². The van der Waals surface area contributed by atoms with Crippen LogP contribution in [0.4, 0.5) is 0 Å². The molecule has 0 saturated carbocycles. The van der Waals surface area contributed by atoms with Crippen LogP contribution in [0.25, 0.3) is 0 Å². The molecule has 8 heteroatoms. The molecule has 4 aromatic rings. The Morgan fingerprint density at radius 2 is 0.949 bits per heavy atom. The van der Waals surface area contributed by atoms with E-state index in [0.717, 1.165) is 22.6 Å². The molecule has 0 aliphatic carbocycles. The fourth-order valence-electron chi connectivity index (χ4n) is 3.63. The summed E-state index contributed by atoms with van der Waals surface area (Å²) in [6.45, 7) is 1.45. The van der Waals surface area contributed by atoms with Gasteiger partial charge < -0.3 is 29.2 Å². The molecule has 0 fully saturated rings. The minimum atomic E-state index is -0.168. The smallest absolute Gasteiger partial charge is 0.168 e. The Bertz CT molecular complexity index is 1270. The maximum absolute atomic E-state index is 10.9. The number of carbonyl (C=O) groups excluding carboxylic acids is 2. The molecule has 0 heterocycles. The van der Waals surface area contributed by atoms with Crippen molar-refractivity contribution in [3.63, 3.8) is 0 Å². The average molecular weight is 529 g/mol. The number of phenols is 2. The predicted octanol–water partition coefficient (Wildman–Crippen LogP) is 5.73. The number of benzene rings is 4. The Labute approximate surface area is 226 Å². The van der Waals surface area contributed by atoms with Crippen LogP contribution in [0.5, 0.6) is 34.5 Å². The topological polar surface area (TPSA) is 112 Å². The van der Waals surface area contributed by atoms with Gasteiger partial charge in [-0.25, -0.2) is 0 Å². The van der Waals surface area contributed by atoms with Crippen LogP contribution in [-0.4, -0.2) is 36.0 Å². The Balaban J connectivity index is 1.14. The lowest BCUT2D eigenvalue weighted by Crippen LogP contribution is -2.05. The van der Waals surface area contributed by atoms with E-state index in [1.54, 1.807) is 24.3 Å². The molecule has 39 heavy (non-hydrogen) atoms. The third-order valence-corrected chi connectivity index (χ3v) is 5.78. The van der Waals surface area contributed by atoms with Crippen molar-refractivity contribution >= 4 is 12.6 Å². The van der Waals surface area contributed by atoms with Crippen LogP contribution in [0.15, 0.2) is 84.9 Å². The monoisotopic (exact) mass is 528 g/mol. The second-order valence-electron chi connectivity index (χ2n) is 8.54. The second kappa shape index (κ2) is 13.5. The lowest BCUT2D eigenvalue weighted by atomic mass is 10.2. The van der Waals surface area contributed by atoms with Crippen molar-refractivity contribution in [2.45, 2.75) is 19.6 Å². The van der Waals surface area contributed by atoms with Gasteiger partial charge in [0.25, 0.3) is 0 Å². The van der Waals surface area contributed by atoms with Gasteiger partial charge in [-0.15, -0.1) is 0 Å². The molecule has 4 aromatic carbocycles. The first-order chi connectivity index (χ1) is 19.1. The standard InChI is InChI=1S/C31H28O8/c32-18-24-4-1-6-28(30(24)34)38-20-22-8-12-26(13-9-22)36-16-3-17-37-27-14-10-23(11-15-27)21-39-29-7-2-5-25(19-33)31(29)35/h1-2,4-15,18-19,34-35H,3,16-17,20-21H2. The van der Waals surface area contributed by atoms with Crippen LogP contribution < -0.4 is 18.9 Å². The molecule has 0 amide bonds. The third kappa shape index (κ3) is 7.52. The van der Waals surface area contributed by atoms with Crippen molar-refractivity contribution in [3.05, 3.63) is 107 Å². The number of para-hydroxylation sites is 2. The summed E-state index contributed by atoms with van der Waals surface area (Å²) in [6.07, 6.45) is 1.85. The quantitative estimate of drug-likeness (QED) is 0.158. The molecule has 0 unspecified atom stereocenters. The van der Waals surface area contributed by atoms with Crippen molar-refractivity contribution in [1.82, 2.24) is 0 Å². The van der Waals surface area contributed by atoms with Crippen molar-refractivity contribution in [1.29, 1.82) is 0 Å². The first kappa shape index (κ1) is 27.1. The number of carbonyl (C=O) groups is 2. The highest BCUT2D eigenvalue weighted by Crippen LogP contribution is 2.30. The minimum Gasteiger partial charge on any atom is -0.504 e. The van der Waals surface area contributed by atoms with Crippen LogP contribution in [0.1, 0.15) is 38.3 Å². The molecule has 2 N–H and O–H groups in total. The Kier molecular flexibility index (Phi) is 9.39. The molecule has 0 spiro atoms. The predicted molar refractivity (Wildman–Crippen MR) is 144 cm³/mol. The van der Waals surface area contributed by atoms with E-state index in [1.165, 1.54) is 12.1 Å². The summed E-state index contributed by atoms with van der Waals surface area (Å²) in [7, 11) is 0. The minimum absolute atomic E-state index is 0.168. The van der Waals surface area contributed by atoms with Gasteiger partial charge in [-0.3, -0.25) is 9.59 Å². The lowest BCUT2D eigenvalue weighted by Gasteiger charge is -2.11. The second-order valence-corrected chi connectivity index (χ2v) is 8.54. The molecule has 4 rings (SSSR count). The summed E-state index contributed by atoms with van der Waals surface area (Å²) in [6, 6.07) is 24.4. The number of hydrogen-bond donors (Lipinski definition) is 2. The Hall–Kier alpha value is -4.98. The van der Waals surface area contributed by atoms with Crippen LogP contribution in [0.2, 0.25) is 0 Å². The van der Waals surface area contributed by atoms with Gasteiger partial charge in [0.05, 0.1) is 24.3 Å². The van der Waals surface area contributed by atoms with Gasteiger partial charge in [0.1, 0.15) is 24.7 Å². The Morgan fingerprint density at radius 3 is 1.33 bits per heavy atom.